The number of aliphatic hydroxyl groups is 4. The van der Waals surface area contributed by atoms with Gasteiger partial charge in [0.1, 0.15) is 5.60 Å². The van der Waals surface area contributed by atoms with Crippen LogP contribution < -0.4 is 0 Å². The Morgan fingerprint density at radius 3 is 2.33 bits per heavy atom. The van der Waals surface area contributed by atoms with Crippen LogP contribution in [0.4, 0.5) is 0 Å². The molecule has 2 fully saturated rings. The van der Waals surface area contributed by atoms with Crippen molar-refractivity contribution in [1.29, 1.82) is 0 Å². The van der Waals surface area contributed by atoms with Gasteiger partial charge in [0.2, 0.25) is 0 Å². The van der Waals surface area contributed by atoms with Crippen LogP contribution in [0.1, 0.15) is 53.9 Å². The largest absolute Gasteiger partial charge is 0.515 e. The molecule has 8 atom stereocenters. The molecule has 27 heavy (non-hydrogen) atoms. The zero-order chi connectivity index (χ0) is 20.8. The highest BCUT2D eigenvalue weighted by atomic mass is 16.3. The molecule has 0 heterocycles. The maximum Gasteiger partial charge on any atom is 0.167 e. The predicted octanol–water partition coefficient (Wildman–Crippen LogP) is 2.02. The van der Waals surface area contributed by atoms with Gasteiger partial charge < -0.3 is 20.4 Å². The van der Waals surface area contributed by atoms with E-state index in [-0.39, 0.29) is 36.4 Å². The summed E-state index contributed by atoms with van der Waals surface area (Å²) < 4.78 is 0. The fraction of sp³-hybridized carbons (Fsp3) is 0.810. The topological polar surface area (TPSA) is 115 Å². The molecule has 0 amide bonds. The van der Waals surface area contributed by atoms with Crippen molar-refractivity contribution < 1.29 is 30.0 Å². The lowest BCUT2D eigenvalue weighted by Crippen LogP contribution is -2.69. The molecule has 0 bridgehead atoms. The van der Waals surface area contributed by atoms with E-state index in [2.05, 4.69) is 0 Å². The average molecular weight is 382 g/mol. The Bertz CT molecular complexity index is 618. The third kappa shape index (κ3) is 3.36. The minimum atomic E-state index is -1.81. The molecule has 4 N–H and O–H groups in total. The maximum atomic E-state index is 13.3. The van der Waals surface area contributed by atoms with Gasteiger partial charge in [-0.3, -0.25) is 9.59 Å². The third-order valence-electron chi connectivity index (χ3n) is 7.23. The monoisotopic (exact) mass is 382 g/mol. The van der Waals surface area contributed by atoms with E-state index in [1.54, 1.807) is 13.8 Å². The zero-order valence-electron chi connectivity index (χ0n) is 17.0. The highest BCUT2D eigenvalue weighted by Gasteiger charge is 2.67. The average Bonchev–Trinajstić information content (AvgIpc) is 2.55. The fourth-order valence-electron chi connectivity index (χ4n) is 6.47. The molecule has 154 valence electrons. The number of carbonyl (C=O) groups is 2. The molecule has 0 radical (unpaired) electrons. The van der Waals surface area contributed by atoms with Crippen molar-refractivity contribution in [2.24, 2.45) is 35.0 Å². The van der Waals surface area contributed by atoms with Gasteiger partial charge in [-0.15, -0.1) is 0 Å². The number of ketones is 2. The molecule has 2 aliphatic carbocycles. The van der Waals surface area contributed by atoms with Crippen molar-refractivity contribution in [2.45, 2.75) is 65.1 Å². The van der Waals surface area contributed by atoms with Crippen LogP contribution >= 0.6 is 0 Å². The Morgan fingerprint density at radius 1 is 1.26 bits per heavy atom. The van der Waals surface area contributed by atoms with Gasteiger partial charge in [0.25, 0.3) is 0 Å². The highest BCUT2D eigenvalue weighted by molar-refractivity contribution is 6.00. The lowest BCUT2D eigenvalue weighted by molar-refractivity contribution is -0.205. The number of rotatable bonds is 5. The second-order valence-electron chi connectivity index (χ2n) is 9.32. The Kier molecular flexibility index (Phi) is 5.96. The van der Waals surface area contributed by atoms with E-state index in [0.717, 1.165) is 6.08 Å². The molecule has 6 nitrogen and oxygen atoms in total. The van der Waals surface area contributed by atoms with E-state index in [4.69, 9.17) is 0 Å². The third-order valence-corrected chi connectivity index (χ3v) is 7.23. The zero-order valence-corrected chi connectivity index (χ0v) is 17.0. The Labute approximate surface area is 161 Å². The normalized spacial score (nSPS) is 46.3. The first-order chi connectivity index (χ1) is 12.4. The van der Waals surface area contributed by atoms with Gasteiger partial charge in [0.15, 0.2) is 11.6 Å². The number of allylic oxidation sites excluding steroid dienone is 1. The first kappa shape index (κ1) is 22.1. The minimum Gasteiger partial charge on any atom is -0.515 e. The highest BCUT2D eigenvalue weighted by Crippen LogP contribution is 2.61. The lowest BCUT2D eigenvalue weighted by atomic mass is 9.42. The summed E-state index contributed by atoms with van der Waals surface area (Å²) in [4.78, 5) is 26.5. The summed E-state index contributed by atoms with van der Waals surface area (Å²) in [6.45, 7) is 8.38. The van der Waals surface area contributed by atoms with Gasteiger partial charge in [-0.05, 0) is 44.4 Å². The van der Waals surface area contributed by atoms with Crippen molar-refractivity contribution in [3.05, 3.63) is 12.3 Å². The first-order valence-corrected chi connectivity index (χ1v) is 9.83. The van der Waals surface area contributed by atoms with E-state index in [0.29, 0.717) is 19.1 Å². The number of carbonyl (C=O) groups excluding carboxylic acids is 2. The summed E-state index contributed by atoms with van der Waals surface area (Å²) in [6, 6.07) is 0. The van der Waals surface area contributed by atoms with Crippen LogP contribution in [0.25, 0.3) is 0 Å². The standard InChI is InChI=1S/C21H34O6/c1-6-13(11-23)17-20(4,15(24)7-8-22)16-12(2)9-19(3,26)10-14(16)18(25)21(17,5)27/h7-8,12-14,16-17,22-23,26-27H,6,9-11H2,1-5H3/b8-7-/t12-,13+,14+,16+,17-,19-,20+,21+/m1/s1. The van der Waals surface area contributed by atoms with Crippen molar-refractivity contribution in [3.8, 4) is 0 Å². The Balaban J connectivity index is 2.74. The number of Topliss-reactive ketones (excluding diaryl/α,β-unsaturated/α-hetero) is 1. The smallest absolute Gasteiger partial charge is 0.167 e. The summed E-state index contributed by atoms with van der Waals surface area (Å²) in [5.41, 5.74) is -4.01. The van der Waals surface area contributed by atoms with Gasteiger partial charge in [-0.25, -0.2) is 0 Å². The number of aliphatic hydroxyl groups excluding tert-OH is 2. The maximum absolute atomic E-state index is 13.3. The molecule has 6 heteroatoms. The quantitative estimate of drug-likeness (QED) is 0.427. The molecular weight excluding hydrogens is 348 g/mol. The van der Waals surface area contributed by atoms with Gasteiger partial charge in [0.05, 0.1) is 11.9 Å². The van der Waals surface area contributed by atoms with Crippen molar-refractivity contribution in [3.63, 3.8) is 0 Å². The van der Waals surface area contributed by atoms with E-state index in [9.17, 15) is 30.0 Å². The van der Waals surface area contributed by atoms with Crippen LogP contribution in [0.3, 0.4) is 0 Å². The molecule has 0 aliphatic heterocycles. The van der Waals surface area contributed by atoms with Crippen LogP contribution in [0.2, 0.25) is 0 Å². The molecule has 0 aromatic carbocycles. The van der Waals surface area contributed by atoms with Crippen LogP contribution in [0.5, 0.6) is 0 Å². The van der Waals surface area contributed by atoms with Gasteiger partial charge in [-0.2, -0.15) is 0 Å². The number of hydrogen-bond acceptors (Lipinski definition) is 6. The van der Waals surface area contributed by atoms with E-state index in [1.807, 2.05) is 13.8 Å². The second kappa shape index (κ2) is 7.30. The summed E-state index contributed by atoms with van der Waals surface area (Å²) >= 11 is 0. The molecule has 2 saturated carbocycles. The molecule has 2 rings (SSSR count). The molecule has 2 aliphatic rings. The van der Waals surface area contributed by atoms with Gasteiger partial charge in [-0.1, -0.05) is 27.2 Å². The van der Waals surface area contributed by atoms with Crippen LogP contribution in [0.15, 0.2) is 12.3 Å². The minimum absolute atomic E-state index is 0.140. The second-order valence-corrected chi connectivity index (χ2v) is 9.32. The van der Waals surface area contributed by atoms with Gasteiger partial charge in [0, 0.05) is 29.9 Å². The van der Waals surface area contributed by atoms with Crippen LogP contribution in [-0.4, -0.2) is 49.8 Å². The Morgan fingerprint density at radius 2 is 1.85 bits per heavy atom. The van der Waals surface area contributed by atoms with Crippen molar-refractivity contribution >= 4 is 11.6 Å². The molecular formula is C21H34O6. The predicted molar refractivity (Wildman–Crippen MR) is 101 cm³/mol. The van der Waals surface area contributed by atoms with E-state index >= 15 is 0 Å². The molecule has 0 spiro atoms. The van der Waals surface area contributed by atoms with Crippen LogP contribution in [-0.2, 0) is 9.59 Å². The summed E-state index contributed by atoms with van der Waals surface area (Å²) in [6.07, 6.45) is 2.90. The fourth-order valence-corrected chi connectivity index (χ4v) is 6.47. The SMILES string of the molecule is CC[C@@H](CO)[C@@H]1[C@@](C)(C(=O)/C=C\O)[C@H]2[C@H](C)C[C@@](C)(O)C[C@@H]2C(=O)[C@@]1(C)O. The van der Waals surface area contributed by atoms with Crippen molar-refractivity contribution in [2.75, 3.05) is 6.61 Å². The van der Waals surface area contributed by atoms with Gasteiger partial charge >= 0.3 is 0 Å². The van der Waals surface area contributed by atoms with E-state index < -0.39 is 34.4 Å². The summed E-state index contributed by atoms with van der Waals surface area (Å²) in [5, 5.41) is 41.1. The molecule has 0 unspecified atom stereocenters. The van der Waals surface area contributed by atoms with E-state index in [1.165, 1.54) is 6.92 Å². The number of fused-ring (bicyclic) bond motifs is 1. The molecule has 0 saturated heterocycles. The lowest BCUT2D eigenvalue weighted by Gasteiger charge is -2.61. The summed E-state index contributed by atoms with van der Waals surface area (Å²) in [5.74, 6) is -3.15. The molecule has 0 aromatic heterocycles. The number of hydrogen-bond donors (Lipinski definition) is 4. The Hall–Kier alpha value is -1.24. The molecule has 0 aromatic rings. The first-order valence-electron chi connectivity index (χ1n) is 9.83. The van der Waals surface area contributed by atoms with Crippen molar-refractivity contribution in [1.82, 2.24) is 0 Å². The summed E-state index contributed by atoms with van der Waals surface area (Å²) in [7, 11) is 0. The van der Waals surface area contributed by atoms with Crippen LogP contribution in [0, 0.1) is 35.0 Å².